The molecule has 0 aromatic carbocycles. The van der Waals surface area contributed by atoms with E-state index in [-0.39, 0.29) is 7.53 Å². The third-order valence-corrected chi connectivity index (χ3v) is 4.55. The summed E-state index contributed by atoms with van der Waals surface area (Å²) in [6.07, 6.45) is 3.97. The monoisotopic (exact) mass is 170 g/mol. The van der Waals surface area contributed by atoms with Crippen LogP contribution in [0.15, 0.2) is 17.9 Å². The molecule has 0 aliphatic carbocycles. The zero-order valence-electron chi connectivity index (χ0n) is 6.25. The summed E-state index contributed by atoms with van der Waals surface area (Å²) in [4.78, 5) is 0. The third kappa shape index (κ3) is 2.11. The summed E-state index contributed by atoms with van der Waals surface area (Å²) in [5.74, 6) is 2.30. The maximum Gasteiger partial charge on any atom is 0.00528 e. The molecule has 0 bridgehead atoms. The minimum Gasteiger partial charge on any atom is -0.116 e. The molecule has 0 saturated carbocycles. The molecule has 0 aliphatic heterocycles. The van der Waals surface area contributed by atoms with Gasteiger partial charge in [0.2, 0.25) is 0 Å². The number of unbranched alkanes of at least 4 members (excludes halogenated alkanes) is 1. The molecule has 1 rings (SSSR count). The predicted octanol–water partition coefficient (Wildman–Crippen LogP) is 3.51. The van der Waals surface area contributed by atoms with Crippen molar-refractivity contribution in [2.75, 3.05) is 0 Å². The van der Waals surface area contributed by atoms with Gasteiger partial charge in [0.05, 0.1) is 0 Å². The molecule has 0 nitrogen and oxygen atoms in total. The Bertz CT molecular complexity index is 191. The van der Waals surface area contributed by atoms with Crippen molar-refractivity contribution in [3.05, 3.63) is 17.9 Å². The normalized spacial score (nSPS) is 12.0. The number of hydrogen-bond acceptors (Lipinski definition) is 0. The summed E-state index contributed by atoms with van der Waals surface area (Å²) >= 11 is 0. The van der Waals surface area contributed by atoms with Crippen molar-refractivity contribution in [1.82, 2.24) is 0 Å². The predicted molar refractivity (Wildman–Crippen MR) is 50.6 cm³/mol. The first-order valence-electron chi connectivity index (χ1n) is 3.68. The van der Waals surface area contributed by atoms with Crippen molar-refractivity contribution in [2.24, 2.45) is 0 Å². The average Bonchev–Trinajstić information content (AvgIpc) is 2.31. The van der Waals surface area contributed by atoms with Gasteiger partial charge < -0.3 is 0 Å². The minimum absolute atomic E-state index is 0.0325. The van der Waals surface area contributed by atoms with E-state index in [9.17, 15) is 0 Å². The van der Waals surface area contributed by atoms with Crippen molar-refractivity contribution < 1.29 is 0 Å². The largest absolute Gasteiger partial charge is 0.116 e. The molecule has 1 heterocycles. The lowest BCUT2D eigenvalue weighted by atomic mass is 10.4. The topological polar surface area (TPSA) is 0 Å². The zero-order valence-corrected chi connectivity index (χ0v) is 8.04. The molecule has 2 heteroatoms. The van der Waals surface area contributed by atoms with Crippen LogP contribution in [0, 0.1) is 0 Å². The summed E-state index contributed by atoms with van der Waals surface area (Å²) in [6, 6.07) is 4.24. The van der Waals surface area contributed by atoms with E-state index in [0.717, 1.165) is 0 Å². The smallest absolute Gasteiger partial charge is 0.00528 e. The van der Waals surface area contributed by atoms with Crippen LogP contribution in [0.4, 0.5) is 0 Å². The molecule has 1 aromatic rings. The molecule has 10 heavy (non-hydrogen) atoms. The fourth-order valence-corrected chi connectivity index (χ4v) is 3.27. The van der Waals surface area contributed by atoms with Crippen LogP contribution in [-0.4, -0.2) is 0 Å². The first-order chi connectivity index (χ1) is 4.84. The van der Waals surface area contributed by atoms with Crippen molar-refractivity contribution in [3.63, 3.8) is 0 Å². The Morgan fingerprint density at radius 1 is 1.60 bits per heavy atom. The summed E-state index contributed by atoms with van der Waals surface area (Å²) in [6.45, 7) is 2.23. The first kappa shape index (κ1) is 8.31. The Kier molecular flexibility index (Phi) is 3.46. The van der Waals surface area contributed by atoms with Gasteiger partial charge in [0.15, 0.2) is 0 Å². The Morgan fingerprint density at radius 2 is 2.40 bits per heavy atom. The quantitative estimate of drug-likeness (QED) is 0.609. The molecule has 1 atom stereocenters. The maximum atomic E-state index is 4.39. The van der Waals surface area contributed by atoms with E-state index in [1.807, 2.05) is 0 Å². The van der Waals surface area contributed by atoms with Crippen molar-refractivity contribution in [2.45, 2.75) is 25.9 Å². The Labute approximate surface area is 66.3 Å². The summed E-state index contributed by atoms with van der Waals surface area (Å²) in [7, 11) is 4.42. The highest BCUT2D eigenvalue weighted by atomic mass is 31.1. The molecule has 2 radical (unpaired) electrons. The van der Waals surface area contributed by atoms with E-state index < -0.39 is 0 Å². The highest BCUT2D eigenvalue weighted by molar-refractivity contribution is 7.63. The van der Waals surface area contributed by atoms with Crippen LogP contribution < -0.4 is 5.04 Å². The number of hydrogen-bond donors (Lipinski definition) is 0. The van der Waals surface area contributed by atoms with Crippen LogP contribution >= 0.6 is 16.8 Å². The SMILES string of the molecule is CCCCp1cccc1[P]. The summed E-state index contributed by atoms with van der Waals surface area (Å²) < 4.78 is 0. The Hall–Kier alpha value is 0.210. The lowest BCUT2D eigenvalue weighted by Gasteiger charge is -1.96. The molecular weight excluding hydrogens is 158 g/mol. The van der Waals surface area contributed by atoms with Crippen LogP contribution in [0.3, 0.4) is 0 Å². The first-order valence-corrected chi connectivity index (χ1v) is 5.73. The van der Waals surface area contributed by atoms with E-state index in [1.165, 1.54) is 24.0 Å². The Balaban J connectivity index is 2.49. The molecule has 0 amide bonds. The standard InChI is InChI=1S/C8H12P2/c1-2-3-6-10-7-4-5-8(10)9/h4-5,7H,2-3,6H2,1H3. The molecule has 1 unspecified atom stereocenters. The molecule has 0 saturated heterocycles. The second-order valence-corrected chi connectivity index (χ2v) is 5.41. The van der Waals surface area contributed by atoms with Gasteiger partial charge in [-0.25, -0.2) is 0 Å². The van der Waals surface area contributed by atoms with Gasteiger partial charge >= 0.3 is 0 Å². The fourth-order valence-electron chi connectivity index (χ4n) is 0.923. The zero-order chi connectivity index (χ0) is 7.40. The van der Waals surface area contributed by atoms with Crippen molar-refractivity contribution >= 4 is 21.8 Å². The van der Waals surface area contributed by atoms with E-state index in [4.69, 9.17) is 0 Å². The van der Waals surface area contributed by atoms with Gasteiger partial charge in [-0.15, -0.1) is 7.53 Å². The van der Waals surface area contributed by atoms with Crippen LogP contribution in [0.5, 0.6) is 0 Å². The lowest BCUT2D eigenvalue weighted by molar-refractivity contribution is 0.855. The van der Waals surface area contributed by atoms with Gasteiger partial charge in [-0.3, -0.25) is 0 Å². The van der Waals surface area contributed by atoms with Gasteiger partial charge in [0.1, 0.15) is 0 Å². The second kappa shape index (κ2) is 4.16. The molecular formula is C8H12P2. The third-order valence-electron chi connectivity index (χ3n) is 1.56. The van der Waals surface area contributed by atoms with Crippen molar-refractivity contribution in [1.29, 1.82) is 0 Å². The highest BCUT2D eigenvalue weighted by Gasteiger charge is 1.95. The van der Waals surface area contributed by atoms with E-state index >= 15 is 0 Å². The lowest BCUT2D eigenvalue weighted by Crippen LogP contribution is -1.80. The van der Waals surface area contributed by atoms with Crippen LogP contribution in [0.25, 0.3) is 0 Å². The molecule has 0 aliphatic rings. The Morgan fingerprint density at radius 3 is 2.90 bits per heavy atom. The second-order valence-electron chi connectivity index (χ2n) is 2.41. The van der Waals surface area contributed by atoms with Gasteiger partial charge in [0.25, 0.3) is 0 Å². The summed E-state index contributed by atoms with van der Waals surface area (Å²) in [5.41, 5.74) is 0. The van der Waals surface area contributed by atoms with E-state index in [0.29, 0.717) is 0 Å². The van der Waals surface area contributed by atoms with Crippen LogP contribution in [0.2, 0.25) is 0 Å². The van der Waals surface area contributed by atoms with Crippen molar-refractivity contribution in [3.8, 4) is 0 Å². The molecule has 0 spiro atoms. The van der Waals surface area contributed by atoms with E-state index in [2.05, 4.69) is 34.1 Å². The van der Waals surface area contributed by atoms with Crippen LogP contribution in [-0.2, 0) is 6.16 Å². The minimum atomic E-state index is 0.0325. The van der Waals surface area contributed by atoms with Gasteiger partial charge in [-0.2, -0.15) is 0 Å². The van der Waals surface area contributed by atoms with Gasteiger partial charge in [-0.05, 0) is 33.7 Å². The number of aryl methyl sites for hydroxylation is 1. The summed E-state index contributed by atoms with van der Waals surface area (Å²) in [5, 5.41) is 1.29. The molecule has 0 N–H and O–H groups in total. The van der Waals surface area contributed by atoms with Gasteiger partial charge in [0, 0.05) is 5.04 Å². The highest BCUT2D eigenvalue weighted by Crippen LogP contribution is 2.29. The fraction of sp³-hybridized carbons (Fsp3) is 0.500. The molecule has 1 aromatic heterocycles. The van der Waals surface area contributed by atoms with E-state index in [1.54, 1.807) is 0 Å². The molecule has 54 valence electrons. The average molecular weight is 170 g/mol. The van der Waals surface area contributed by atoms with Gasteiger partial charge in [-0.1, -0.05) is 19.4 Å². The number of rotatable bonds is 3. The maximum absolute atomic E-state index is 4.39. The van der Waals surface area contributed by atoms with Crippen LogP contribution in [0.1, 0.15) is 19.8 Å². The molecule has 0 fully saturated rings.